The minimum absolute atomic E-state index is 0.0437. The van der Waals surface area contributed by atoms with Crippen LogP contribution in [-0.2, 0) is 9.47 Å². The number of alkyl halides is 3. The number of hydrogen-bond donors (Lipinski definition) is 0. The van der Waals surface area contributed by atoms with Crippen LogP contribution in [0, 0.1) is 0 Å². The van der Waals surface area contributed by atoms with Crippen LogP contribution < -0.4 is 0 Å². The summed E-state index contributed by atoms with van der Waals surface area (Å²) >= 11 is 0. The lowest BCUT2D eigenvalue weighted by Gasteiger charge is -2.22. The molecule has 0 aliphatic carbocycles. The maximum absolute atomic E-state index is 12.0. The highest BCUT2D eigenvalue weighted by atomic mass is 19.4. The normalized spacial score (nSPS) is 18.6. The van der Waals surface area contributed by atoms with Gasteiger partial charge in [0.05, 0.1) is 0 Å². The second-order valence-corrected chi connectivity index (χ2v) is 7.27. The van der Waals surface area contributed by atoms with Gasteiger partial charge in [-0.15, -0.1) is 0 Å². The summed E-state index contributed by atoms with van der Waals surface area (Å²) in [5.74, 6) is 0. The van der Waals surface area contributed by atoms with Gasteiger partial charge in [0.2, 0.25) is 0 Å². The fraction of sp³-hybridized carbons (Fsp3) is 1.00. The van der Waals surface area contributed by atoms with Crippen LogP contribution >= 0.6 is 0 Å². The van der Waals surface area contributed by atoms with E-state index in [-0.39, 0.29) is 6.29 Å². The van der Waals surface area contributed by atoms with Crippen molar-refractivity contribution in [1.29, 1.82) is 0 Å². The summed E-state index contributed by atoms with van der Waals surface area (Å²) in [6, 6.07) is 0. The predicted molar refractivity (Wildman–Crippen MR) is 95.6 cm³/mol. The number of unbranched alkanes of at least 4 members (excludes halogenated alkanes) is 11. The highest BCUT2D eigenvalue weighted by Gasteiger charge is 2.25. The summed E-state index contributed by atoms with van der Waals surface area (Å²) in [4.78, 5) is 0. The van der Waals surface area contributed by atoms with Gasteiger partial charge in [-0.25, -0.2) is 0 Å². The molecule has 0 spiro atoms. The molecule has 5 heteroatoms. The molecule has 1 rings (SSSR count). The van der Waals surface area contributed by atoms with E-state index >= 15 is 0 Å². The maximum Gasteiger partial charge on any atom is 0.389 e. The third-order valence-corrected chi connectivity index (χ3v) is 4.80. The summed E-state index contributed by atoms with van der Waals surface area (Å²) in [5, 5.41) is 0. The zero-order valence-electron chi connectivity index (χ0n) is 15.8. The first-order chi connectivity index (χ1) is 12.1. The Balaban J connectivity index is 1.69. The van der Waals surface area contributed by atoms with Crippen LogP contribution in [0.2, 0.25) is 0 Å². The highest BCUT2D eigenvalue weighted by molar-refractivity contribution is 4.55. The fourth-order valence-electron chi connectivity index (χ4n) is 3.25. The molecule has 0 N–H and O–H groups in total. The first-order valence-electron chi connectivity index (χ1n) is 10.4. The molecule has 1 heterocycles. The van der Waals surface area contributed by atoms with Crippen LogP contribution in [0.25, 0.3) is 0 Å². The molecule has 0 saturated carbocycles. The van der Waals surface area contributed by atoms with Gasteiger partial charge in [-0.1, -0.05) is 64.2 Å². The fourth-order valence-corrected chi connectivity index (χ4v) is 3.25. The Kier molecular flexibility index (Phi) is 13.5. The summed E-state index contributed by atoms with van der Waals surface area (Å²) in [5.41, 5.74) is 0. The molecule has 2 nitrogen and oxygen atoms in total. The van der Waals surface area contributed by atoms with Crippen molar-refractivity contribution < 1.29 is 22.6 Å². The van der Waals surface area contributed by atoms with E-state index in [0.29, 0.717) is 12.8 Å². The second-order valence-electron chi connectivity index (χ2n) is 7.27. The first kappa shape index (κ1) is 22.8. The lowest BCUT2D eigenvalue weighted by atomic mass is 10.0. The molecule has 1 fully saturated rings. The van der Waals surface area contributed by atoms with Crippen LogP contribution in [0.1, 0.15) is 103 Å². The topological polar surface area (TPSA) is 18.5 Å². The van der Waals surface area contributed by atoms with Crippen molar-refractivity contribution in [2.24, 2.45) is 0 Å². The van der Waals surface area contributed by atoms with Gasteiger partial charge in [0.1, 0.15) is 0 Å². The van der Waals surface area contributed by atoms with E-state index in [0.717, 1.165) is 45.3 Å². The smallest absolute Gasteiger partial charge is 0.353 e. The Morgan fingerprint density at radius 3 is 1.72 bits per heavy atom. The van der Waals surface area contributed by atoms with Crippen LogP contribution in [0.4, 0.5) is 13.2 Å². The van der Waals surface area contributed by atoms with Gasteiger partial charge in [0.25, 0.3) is 0 Å². The van der Waals surface area contributed by atoms with E-state index in [9.17, 15) is 13.2 Å². The lowest BCUT2D eigenvalue weighted by molar-refractivity contribution is -0.162. The average molecular weight is 367 g/mol. The largest absolute Gasteiger partial charge is 0.389 e. The zero-order chi connectivity index (χ0) is 18.2. The number of halogens is 3. The molecule has 0 aromatic rings. The minimum Gasteiger partial charge on any atom is -0.353 e. The average Bonchev–Trinajstić information content (AvgIpc) is 2.58. The van der Waals surface area contributed by atoms with Crippen molar-refractivity contribution in [3.63, 3.8) is 0 Å². The number of ether oxygens (including phenoxy) is 2. The zero-order valence-corrected chi connectivity index (χ0v) is 15.8. The van der Waals surface area contributed by atoms with Crippen LogP contribution in [0.15, 0.2) is 0 Å². The molecule has 150 valence electrons. The molecular weight excluding hydrogens is 329 g/mol. The van der Waals surface area contributed by atoms with Gasteiger partial charge < -0.3 is 9.47 Å². The molecule has 0 aromatic heterocycles. The van der Waals surface area contributed by atoms with E-state index in [2.05, 4.69) is 0 Å². The van der Waals surface area contributed by atoms with Crippen molar-refractivity contribution in [2.75, 3.05) is 13.2 Å². The third-order valence-electron chi connectivity index (χ3n) is 4.80. The summed E-state index contributed by atoms with van der Waals surface area (Å²) in [6.07, 6.45) is 11.7. The molecule has 1 aliphatic heterocycles. The Bertz CT molecular complexity index is 289. The summed E-state index contributed by atoms with van der Waals surface area (Å²) in [7, 11) is 0. The van der Waals surface area contributed by atoms with E-state index in [4.69, 9.17) is 9.47 Å². The molecule has 1 aliphatic rings. The maximum atomic E-state index is 12.0. The highest BCUT2D eigenvalue weighted by Crippen LogP contribution is 2.23. The third kappa shape index (κ3) is 15.7. The molecule has 1 saturated heterocycles. The molecule has 0 radical (unpaired) electrons. The van der Waals surface area contributed by atoms with Crippen molar-refractivity contribution in [3.8, 4) is 0 Å². The molecule has 0 amide bonds. The minimum atomic E-state index is -3.98. The molecule has 1 unspecified atom stereocenters. The number of rotatable bonds is 15. The van der Waals surface area contributed by atoms with Gasteiger partial charge in [-0.05, 0) is 32.1 Å². The first-order valence-corrected chi connectivity index (χ1v) is 10.4. The van der Waals surface area contributed by atoms with Crippen molar-refractivity contribution >= 4 is 0 Å². The number of hydrogen-bond acceptors (Lipinski definition) is 2. The summed E-state index contributed by atoms with van der Waals surface area (Å²) in [6.45, 7) is 1.66. The SMILES string of the molecule is FC(F)(F)CCCCCCCCCCCCCCOC1CCCCO1. The quantitative estimate of drug-likeness (QED) is 0.286. The Morgan fingerprint density at radius 2 is 1.24 bits per heavy atom. The van der Waals surface area contributed by atoms with Gasteiger partial charge in [-0.3, -0.25) is 0 Å². The Labute approximate surface area is 151 Å². The lowest BCUT2D eigenvalue weighted by Crippen LogP contribution is -2.22. The Hall–Kier alpha value is -0.290. The summed E-state index contributed by atoms with van der Waals surface area (Å²) < 4.78 is 47.2. The predicted octanol–water partition coefficient (Wildman–Crippen LogP) is 7.16. The van der Waals surface area contributed by atoms with E-state index in [1.54, 1.807) is 0 Å². The molecule has 25 heavy (non-hydrogen) atoms. The van der Waals surface area contributed by atoms with Gasteiger partial charge >= 0.3 is 6.18 Å². The van der Waals surface area contributed by atoms with Crippen LogP contribution in [-0.4, -0.2) is 25.7 Å². The van der Waals surface area contributed by atoms with Crippen molar-refractivity contribution in [2.45, 2.75) is 115 Å². The van der Waals surface area contributed by atoms with E-state index in [1.807, 2.05) is 0 Å². The van der Waals surface area contributed by atoms with Gasteiger partial charge in [0.15, 0.2) is 6.29 Å². The standard InChI is InChI=1S/C20H37F3O2/c21-20(22,23)16-12-9-7-5-3-1-2-4-6-8-10-13-17-24-19-15-11-14-18-25-19/h19H,1-18H2. The van der Waals surface area contributed by atoms with Crippen LogP contribution in [0.3, 0.4) is 0 Å². The second kappa shape index (κ2) is 14.8. The monoisotopic (exact) mass is 366 g/mol. The van der Waals surface area contributed by atoms with Crippen molar-refractivity contribution in [3.05, 3.63) is 0 Å². The molecule has 0 bridgehead atoms. The van der Waals surface area contributed by atoms with Crippen LogP contribution in [0.5, 0.6) is 0 Å². The molecular formula is C20H37F3O2. The van der Waals surface area contributed by atoms with Gasteiger partial charge in [-0.2, -0.15) is 13.2 Å². The van der Waals surface area contributed by atoms with Crippen molar-refractivity contribution in [1.82, 2.24) is 0 Å². The molecule has 0 aromatic carbocycles. The van der Waals surface area contributed by atoms with Gasteiger partial charge in [0, 0.05) is 19.6 Å². The van der Waals surface area contributed by atoms with E-state index in [1.165, 1.54) is 51.4 Å². The Morgan fingerprint density at radius 1 is 0.720 bits per heavy atom. The van der Waals surface area contributed by atoms with E-state index < -0.39 is 12.6 Å². The molecule has 1 atom stereocenters.